The number of nitrogens with one attached hydrogen (secondary N) is 1. The first kappa shape index (κ1) is 22.6. The van der Waals surface area contributed by atoms with Gasteiger partial charge < -0.3 is 15.0 Å². The van der Waals surface area contributed by atoms with Crippen molar-refractivity contribution in [2.24, 2.45) is 5.92 Å². The second-order valence-electron chi connectivity index (χ2n) is 7.47. The normalized spacial score (nSPS) is 15.9. The summed E-state index contributed by atoms with van der Waals surface area (Å²) in [5.74, 6) is -0.738. The second-order valence-corrected chi connectivity index (χ2v) is 7.47. The summed E-state index contributed by atoms with van der Waals surface area (Å²) in [6, 6.07) is 11.6. The summed E-state index contributed by atoms with van der Waals surface area (Å²) in [7, 11) is 0. The van der Waals surface area contributed by atoms with Crippen LogP contribution in [0.2, 0.25) is 0 Å². The van der Waals surface area contributed by atoms with Gasteiger partial charge in [0.05, 0.1) is 17.5 Å². The van der Waals surface area contributed by atoms with Crippen molar-refractivity contribution in [3.8, 4) is 0 Å². The summed E-state index contributed by atoms with van der Waals surface area (Å²) in [4.78, 5) is 30.1. The summed E-state index contributed by atoms with van der Waals surface area (Å²) >= 11 is 0. The molecule has 0 saturated carbocycles. The standard InChI is InChI=1S/C22H24F3N3O3/c1-15(16-5-3-2-4-6-16)27-20(29)14-31-21(30)17-9-11-28(12-10-17)19-8-7-18(13-26-19)22(23,24)25/h2-8,13,15,17H,9-12,14H2,1H3,(H,27,29)/t15-/m0/s1. The second kappa shape index (κ2) is 9.80. The van der Waals surface area contributed by atoms with Gasteiger partial charge in [-0.15, -0.1) is 0 Å². The highest BCUT2D eigenvalue weighted by atomic mass is 19.4. The van der Waals surface area contributed by atoms with Crippen LogP contribution in [0.3, 0.4) is 0 Å². The van der Waals surface area contributed by atoms with Gasteiger partial charge in [-0.25, -0.2) is 4.98 Å². The van der Waals surface area contributed by atoms with Crippen LogP contribution in [-0.2, 0) is 20.5 Å². The minimum Gasteiger partial charge on any atom is -0.455 e. The zero-order valence-electron chi connectivity index (χ0n) is 17.1. The number of nitrogens with zero attached hydrogens (tertiary/aromatic N) is 2. The summed E-state index contributed by atoms with van der Waals surface area (Å²) in [5.41, 5.74) is 0.154. The smallest absolute Gasteiger partial charge is 0.417 e. The van der Waals surface area contributed by atoms with E-state index in [1.165, 1.54) is 6.07 Å². The Bertz CT molecular complexity index is 880. The molecule has 1 N–H and O–H groups in total. The van der Waals surface area contributed by atoms with E-state index in [0.717, 1.165) is 17.8 Å². The predicted molar refractivity (Wildman–Crippen MR) is 108 cm³/mol. The molecule has 0 unspecified atom stereocenters. The maximum Gasteiger partial charge on any atom is 0.417 e. The molecule has 1 aliphatic rings. The molecule has 1 aromatic carbocycles. The number of anilines is 1. The molecular weight excluding hydrogens is 411 g/mol. The molecule has 1 amide bonds. The number of hydrogen-bond donors (Lipinski definition) is 1. The van der Waals surface area contributed by atoms with E-state index in [9.17, 15) is 22.8 Å². The number of esters is 1. The molecule has 3 rings (SSSR count). The van der Waals surface area contributed by atoms with E-state index in [1.807, 2.05) is 42.2 Å². The quantitative estimate of drug-likeness (QED) is 0.700. The van der Waals surface area contributed by atoms with Gasteiger partial charge in [-0.2, -0.15) is 13.2 Å². The monoisotopic (exact) mass is 435 g/mol. The molecule has 0 bridgehead atoms. The van der Waals surface area contributed by atoms with E-state index in [0.29, 0.717) is 31.7 Å². The molecule has 1 atom stereocenters. The largest absolute Gasteiger partial charge is 0.455 e. The van der Waals surface area contributed by atoms with Crippen LogP contribution in [0.25, 0.3) is 0 Å². The molecule has 9 heteroatoms. The van der Waals surface area contributed by atoms with E-state index < -0.39 is 17.7 Å². The number of piperidine rings is 1. The van der Waals surface area contributed by atoms with Crippen molar-refractivity contribution < 1.29 is 27.5 Å². The van der Waals surface area contributed by atoms with Gasteiger partial charge in [0.2, 0.25) is 0 Å². The number of aromatic nitrogens is 1. The van der Waals surface area contributed by atoms with Crippen LogP contribution in [0.15, 0.2) is 48.7 Å². The minimum atomic E-state index is -4.42. The number of alkyl halides is 3. The van der Waals surface area contributed by atoms with E-state index in [1.54, 1.807) is 0 Å². The average Bonchev–Trinajstić information content (AvgIpc) is 2.77. The summed E-state index contributed by atoms with van der Waals surface area (Å²) in [5, 5.41) is 2.79. The third-order valence-corrected chi connectivity index (χ3v) is 5.25. The van der Waals surface area contributed by atoms with Gasteiger partial charge >= 0.3 is 12.1 Å². The highest BCUT2D eigenvalue weighted by Gasteiger charge is 2.31. The van der Waals surface area contributed by atoms with Gasteiger partial charge in [-0.3, -0.25) is 9.59 Å². The topological polar surface area (TPSA) is 71.5 Å². The van der Waals surface area contributed by atoms with Crippen LogP contribution in [0.5, 0.6) is 0 Å². The number of carbonyl (C=O) groups excluding carboxylic acids is 2. The van der Waals surface area contributed by atoms with E-state index in [2.05, 4.69) is 10.3 Å². The van der Waals surface area contributed by atoms with Gasteiger partial charge in [-0.1, -0.05) is 30.3 Å². The van der Waals surface area contributed by atoms with Crippen molar-refractivity contribution in [2.45, 2.75) is 32.0 Å². The molecule has 1 fully saturated rings. The zero-order chi connectivity index (χ0) is 22.4. The van der Waals surface area contributed by atoms with Gasteiger partial charge in [0.15, 0.2) is 6.61 Å². The number of hydrogen-bond acceptors (Lipinski definition) is 5. The summed E-state index contributed by atoms with van der Waals surface area (Å²) in [6.45, 7) is 2.43. The lowest BCUT2D eigenvalue weighted by atomic mass is 9.97. The number of carbonyl (C=O) groups is 2. The molecule has 2 aromatic rings. The van der Waals surface area contributed by atoms with Gasteiger partial charge in [0.1, 0.15) is 5.82 Å². The Morgan fingerprint density at radius 1 is 1.16 bits per heavy atom. The highest BCUT2D eigenvalue weighted by molar-refractivity contribution is 5.81. The fourth-order valence-electron chi connectivity index (χ4n) is 3.45. The Morgan fingerprint density at radius 2 is 1.84 bits per heavy atom. The van der Waals surface area contributed by atoms with E-state index in [4.69, 9.17) is 4.74 Å². The molecule has 0 radical (unpaired) electrons. The average molecular weight is 435 g/mol. The first-order valence-corrected chi connectivity index (χ1v) is 10.0. The lowest BCUT2D eigenvalue weighted by molar-refractivity contribution is -0.153. The van der Waals surface area contributed by atoms with Crippen LogP contribution in [0.4, 0.5) is 19.0 Å². The predicted octanol–water partition coefficient (Wildman–Crippen LogP) is 3.74. The minimum absolute atomic E-state index is 0.202. The number of benzene rings is 1. The molecule has 0 aliphatic carbocycles. The summed E-state index contributed by atoms with van der Waals surface area (Å²) in [6.07, 6.45) is -2.66. The van der Waals surface area contributed by atoms with Crippen LogP contribution >= 0.6 is 0 Å². The van der Waals surface area contributed by atoms with Crippen molar-refractivity contribution in [1.29, 1.82) is 0 Å². The lowest BCUT2D eigenvalue weighted by Gasteiger charge is -2.31. The molecule has 166 valence electrons. The third kappa shape index (κ3) is 6.19. The van der Waals surface area contributed by atoms with E-state index >= 15 is 0 Å². The Labute approximate surface area is 178 Å². The fraction of sp³-hybridized carbons (Fsp3) is 0.409. The van der Waals surface area contributed by atoms with Crippen LogP contribution in [0.1, 0.15) is 36.9 Å². The van der Waals surface area contributed by atoms with Crippen molar-refractivity contribution in [3.63, 3.8) is 0 Å². The highest BCUT2D eigenvalue weighted by Crippen LogP contribution is 2.30. The summed E-state index contributed by atoms with van der Waals surface area (Å²) < 4.78 is 43.1. The number of halogens is 3. The van der Waals surface area contributed by atoms with Crippen molar-refractivity contribution in [3.05, 3.63) is 59.8 Å². The zero-order valence-corrected chi connectivity index (χ0v) is 17.1. The molecular formula is C22H24F3N3O3. The van der Waals surface area contributed by atoms with Crippen molar-refractivity contribution in [1.82, 2.24) is 10.3 Å². The Balaban J connectivity index is 1.42. The molecule has 31 heavy (non-hydrogen) atoms. The third-order valence-electron chi connectivity index (χ3n) is 5.25. The van der Waals surface area contributed by atoms with Crippen molar-refractivity contribution in [2.75, 3.05) is 24.6 Å². The first-order chi connectivity index (χ1) is 14.7. The Hall–Kier alpha value is -3.10. The molecule has 1 aliphatic heterocycles. The molecule has 1 saturated heterocycles. The number of amides is 1. The maximum atomic E-state index is 12.7. The van der Waals surface area contributed by atoms with Crippen LogP contribution in [-0.4, -0.2) is 36.6 Å². The number of ether oxygens (including phenoxy) is 1. The van der Waals surface area contributed by atoms with Crippen LogP contribution in [0, 0.1) is 5.92 Å². The van der Waals surface area contributed by atoms with Crippen molar-refractivity contribution >= 4 is 17.7 Å². The SMILES string of the molecule is C[C@H](NC(=O)COC(=O)C1CCN(c2ccc(C(F)(F)F)cn2)CC1)c1ccccc1. The molecule has 2 heterocycles. The number of rotatable bonds is 6. The fourth-order valence-corrected chi connectivity index (χ4v) is 3.45. The Kier molecular flexibility index (Phi) is 7.14. The number of pyridine rings is 1. The molecule has 1 aromatic heterocycles. The van der Waals surface area contributed by atoms with E-state index in [-0.39, 0.29) is 24.5 Å². The molecule has 6 nitrogen and oxygen atoms in total. The first-order valence-electron chi connectivity index (χ1n) is 10.0. The van der Waals surface area contributed by atoms with Gasteiger partial charge in [0, 0.05) is 19.3 Å². The van der Waals surface area contributed by atoms with Gasteiger partial charge in [0.25, 0.3) is 5.91 Å². The lowest BCUT2D eigenvalue weighted by Crippen LogP contribution is -2.38. The van der Waals surface area contributed by atoms with Gasteiger partial charge in [-0.05, 0) is 37.5 Å². The maximum absolute atomic E-state index is 12.7. The Morgan fingerprint density at radius 3 is 2.42 bits per heavy atom. The molecule has 0 spiro atoms. The van der Waals surface area contributed by atoms with Crippen LogP contribution < -0.4 is 10.2 Å².